The topological polar surface area (TPSA) is 69.9 Å². The van der Waals surface area contributed by atoms with Crippen LogP contribution < -0.4 is 0 Å². The zero-order chi connectivity index (χ0) is 11.2. The van der Waals surface area contributed by atoms with E-state index in [9.17, 15) is 5.11 Å². The van der Waals surface area contributed by atoms with Crippen molar-refractivity contribution in [3.8, 4) is 0 Å². The molecule has 0 heterocycles. The lowest BCUT2D eigenvalue weighted by Gasteiger charge is -2.28. The van der Waals surface area contributed by atoms with E-state index in [1.165, 1.54) is 0 Å². The highest BCUT2D eigenvalue weighted by atomic mass is 31.0. The maximum atomic E-state index is 9.23. The van der Waals surface area contributed by atoms with Crippen LogP contribution in [-0.4, -0.2) is 46.1 Å². The predicted octanol–water partition coefficient (Wildman–Crippen LogP) is 0.108. The monoisotopic (exact) mass is 224 g/mol. The first kappa shape index (κ1) is 14.3. The van der Waals surface area contributed by atoms with E-state index in [2.05, 4.69) is 9.24 Å². The highest BCUT2D eigenvalue weighted by Gasteiger charge is 2.20. The fourth-order valence-electron chi connectivity index (χ4n) is 1.18. The van der Waals surface area contributed by atoms with Gasteiger partial charge in [0.1, 0.15) is 0 Å². The zero-order valence-corrected chi connectivity index (χ0v) is 9.97. The van der Waals surface area contributed by atoms with Gasteiger partial charge in [0.25, 0.3) is 0 Å². The van der Waals surface area contributed by atoms with Gasteiger partial charge in [0.05, 0.1) is 24.2 Å². The number of aliphatic hydroxyl groups excluding tert-OH is 3. The van der Waals surface area contributed by atoms with Crippen molar-refractivity contribution in [2.75, 3.05) is 13.2 Å². The van der Waals surface area contributed by atoms with E-state index in [0.717, 1.165) is 0 Å². The molecule has 0 aromatic carbocycles. The van der Waals surface area contributed by atoms with Crippen molar-refractivity contribution in [1.82, 2.24) is 0 Å². The first-order chi connectivity index (χ1) is 6.39. The van der Waals surface area contributed by atoms with Crippen molar-refractivity contribution >= 4 is 9.24 Å². The summed E-state index contributed by atoms with van der Waals surface area (Å²) in [5, 5.41) is 26.3. The van der Waals surface area contributed by atoms with Crippen molar-refractivity contribution in [2.24, 2.45) is 0 Å². The van der Waals surface area contributed by atoms with Crippen molar-refractivity contribution in [3.63, 3.8) is 0 Å². The molecule has 0 amide bonds. The second-order valence-electron chi connectivity index (χ2n) is 3.93. The van der Waals surface area contributed by atoms with E-state index in [-0.39, 0.29) is 24.7 Å². The molecule has 86 valence electrons. The molecule has 0 aromatic heterocycles. The fraction of sp³-hybridized carbons (Fsp3) is 1.00. The molecule has 0 rings (SSSR count). The van der Waals surface area contributed by atoms with E-state index in [1.807, 2.05) is 13.8 Å². The van der Waals surface area contributed by atoms with Gasteiger partial charge in [0, 0.05) is 13.0 Å². The van der Waals surface area contributed by atoms with Gasteiger partial charge in [-0.3, -0.25) is 0 Å². The lowest BCUT2D eigenvalue weighted by atomic mass is 10.1. The van der Waals surface area contributed by atoms with Crippen LogP contribution in [0, 0.1) is 0 Å². The Kier molecular flexibility index (Phi) is 6.83. The molecule has 0 aliphatic rings. The van der Waals surface area contributed by atoms with E-state index < -0.39 is 6.10 Å². The van der Waals surface area contributed by atoms with Crippen molar-refractivity contribution < 1.29 is 20.1 Å². The minimum absolute atomic E-state index is 0.0174. The summed E-state index contributed by atoms with van der Waals surface area (Å²) in [5.41, 5.74) is 0. The molecule has 2 unspecified atom stereocenters. The quantitative estimate of drug-likeness (QED) is 0.537. The SMILES string of the molecule is CC(C)(P)OC(CCO)C[C@H](O)CO. The molecule has 4 nitrogen and oxygen atoms in total. The third kappa shape index (κ3) is 7.65. The van der Waals surface area contributed by atoms with Crippen molar-refractivity contribution in [2.45, 2.75) is 44.2 Å². The Morgan fingerprint density at radius 2 is 1.93 bits per heavy atom. The maximum absolute atomic E-state index is 9.23. The van der Waals surface area contributed by atoms with Gasteiger partial charge < -0.3 is 20.1 Å². The number of hydrogen-bond acceptors (Lipinski definition) is 4. The van der Waals surface area contributed by atoms with E-state index in [0.29, 0.717) is 12.8 Å². The third-order valence-electron chi connectivity index (χ3n) is 1.67. The lowest BCUT2D eigenvalue weighted by Crippen LogP contribution is -2.30. The van der Waals surface area contributed by atoms with Gasteiger partial charge in [0.15, 0.2) is 0 Å². The minimum atomic E-state index is -0.779. The fourth-order valence-corrected chi connectivity index (χ4v) is 1.37. The standard InChI is InChI=1S/C9H21O4P/c1-9(2,14)13-8(3-4-10)5-7(12)6-11/h7-8,10-12H,3-6,14H2,1-2H3/t7-,8?/m0/s1. The smallest absolute Gasteiger partial charge is 0.0795 e. The number of ether oxygens (including phenoxy) is 1. The zero-order valence-electron chi connectivity index (χ0n) is 8.81. The lowest BCUT2D eigenvalue weighted by molar-refractivity contribution is -0.0547. The molecule has 0 bridgehead atoms. The molecule has 3 atom stereocenters. The van der Waals surface area contributed by atoms with Crippen molar-refractivity contribution in [3.05, 3.63) is 0 Å². The van der Waals surface area contributed by atoms with Crippen LogP contribution in [0.25, 0.3) is 0 Å². The molecular formula is C9H21O4P. The first-order valence-corrected chi connectivity index (χ1v) is 5.33. The van der Waals surface area contributed by atoms with Crippen LogP contribution >= 0.6 is 9.24 Å². The second kappa shape index (κ2) is 6.70. The molecule has 0 aromatic rings. The summed E-state index contributed by atoms with van der Waals surface area (Å²) in [7, 11) is 2.54. The summed E-state index contributed by atoms with van der Waals surface area (Å²) in [5.74, 6) is 0. The van der Waals surface area contributed by atoms with E-state index >= 15 is 0 Å². The van der Waals surface area contributed by atoms with Gasteiger partial charge in [0.2, 0.25) is 0 Å². The summed E-state index contributed by atoms with van der Waals surface area (Å²) < 4.78 is 5.58. The van der Waals surface area contributed by atoms with Crippen LogP contribution in [-0.2, 0) is 4.74 Å². The molecule has 0 saturated heterocycles. The maximum Gasteiger partial charge on any atom is 0.0795 e. The molecule has 0 saturated carbocycles. The predicted molar refractivity (Wildman–Crippen MR) is 58.1 cm³/mol. The van der Waals surface area contributed by atoms with Crippen LogP contribution in [0.2, 0.25) is 0 Å². The molecule has 0 aliphatic carbocycles. The summed E-state index contributed by atoms with van der Waals surface area (Å²) in [6, 6.07) is 0. The Morgan fingerprint density at radius 1 is 1.36 bits per heavy atom. The molecule has 5 heteroatoms. The highest BCUT2D eigenvalue weighted by Crippen LogP contribution is 2.23. The number of aliphatic hydroxyl groups is 3. The second-order valence-corrected chi connectivity index (χ2v) is 5.32. The molecule has 0 fully saturated rings. The molecule has 0 spiro atoms. The Balaban J connectivity index is 4.01. The molecule has 0 aliphatic heterocycles. The normalized spacial score (nSPS) is 16.7. The van der Waals surface area contributed by atoms with E-state index in [1.54, 1.807) is 0 Å². The Labute approximate surface area is 87.5 Å². The summed E-state index contributed by atoms with van der Waals surface area (Å²) in [6.07, 6.45) is -0.197. The van der Waals surface area contributed by atoms with Crippen LogP contribution in [0.5, 0.6) is 0 Å². The first-order valence-electron chi connectivity index (χ1n) is 4.75. The van der Waals surface area contributed by atoms with E-state index in [4.69, 9.17) is 14.9 Å². The Bertz CT molecular complexity index is 146. The van der Waals surface area contributed by atoms with Gasteiger partial charge in [-0.1, -0.05) is 0 Å². The average Bonchev–Trinajstić information content (AvgIpc) is 2.01. The summed E-state index contributed by atoms with van der Waals surface area (Å²) >= 11 is 0. The summed E-state index contributed by atoms with van der Waals surface area (Å²) in [6.45, 7) is 3.51. The number of rotatable bonds is 7. The minimum Gasteiger partial charge on any atom is -0.396 e. The average molecular weight is 224 g/mol. The van der Waals surface area contributed by atoms with Gasteiger partial charge >= 0.3 is 0 Å². The third-order valence-corrected chi connectivity index (χ3v) is 1.80. The Hall–Kier alpha value is 0.270. The van der Waals surface area contributed by atoms with Crippen molar-refractivity contribution in [1.29, 1.82) is 0 Å². The largest absolute Gasteiger partial charge is 0.396 e. The van der Waals surface area contributed by atoms with Gasteiger partial charge in [-0.2, -0.15) is 0 Å². The van der Waals surface area contributed by atoms with Crippen LogP contribution in [0.4, 0.5) is 0 Å². The summed E-state index contributed by atoms with van der Waals surface area (Å²) in [4.78, 5) is 0. The van der Waals surface area contributed by atoms with Gasteiger partial charge in [-0.05, 0) is 20.3 Å². The van der Waals surface area contributed by atoms with Crippen LogP contribution in [0.15, 0.2) is 0 Å². The van der Waals surface area contributed by atoms with Crippen LogP contribution in [0.3, 0.4) is 0 Å². The molecule has 0 radical (unpaired) electrons. The Morgan fingerprint density at radius 3 is 2.29 bits per heavy atom. The highest BCUT2D eigenvalue weighted by molar-refractivity contribution is 7.18. The van der Waals surface area contributed by atoms with Crippen LogP contribution in [0.1, 0.15) is 26.7 Å². The molecular weight excluding hydrogens is 203 g/mol. The van der Waals surface area contributed by atoms with Gasteiger partial charge in [-0.25, -0.2) is 0 Å². The molecule has 3 N–H and O–H groups in total. The molecule has 14 heavy (non-hydrogen) atoms. The number of hydrogen-bond donors (Lipinski definition) is 3. The van der Waals surface area contributed by atoms with Gasteiger partial charge in [-0.15, -0.1) is 9.24 Å².